The van der Waals surface area contributed by atoms with Crippen LogP contribution in [0.4, 0.5) is 4.39 Å². The van der Waals surface area contributed by atoms with Gasteiger partial charge in [-0.05, 0) is 47.9 Å². The number of rotatable bonds is 4. The summed E-state index contributed by atoms with van der Waals surface area (Å²) in [5.74, 6) is -1.14. The van der Waals surface area contributed by atoms with Gasteiger partial charge in [0.25, 0.3) is 11.8 Å². The summed E-state index contributed by atoms with van der Waals surface area (Å²) in [6.45, 7) is 1.29. The summed E-state index contributed by atoms with van der Waals surface area (Å²) < 4.78 is 13.3. The average Bonchev–Trinajstić information content (AvgIpc) is 2.80. The third-order valence-corrected chi connectivity index (χ3v) is 5.87. The molecular formula is C25H22ClFN2O3. The van der Waals surface area contributed by atoms with E-state index in [0.717, 1.165) is 17.2 Å². The number of phenols is 1. The van der Waals surface area contributed by atoms with Crippen molar-refractivity contribution < 1.29 is 19.1 Å². The second kappa shape index (κ2) is 9.40. The summed E-state index contributed by atoms with van der Waals surface area (Å²) in [5, 5.41) is 10.4. The van der Waals surface area contributed by atoms with E-state index in [1.807, 2.05) is 36.4 Å². The SMILES string of the molecule is O=C(c1cc(Cc2ccccc2)ccc1O)N1CCN(C(=O)c2ccc(F)cc2Cl)CC1. The normalized spacial score (nSPS) is 13.8. The molecule has 1 N–H and O–H groups in total. The third-order valence-electron chi connectivity index (χ3n) is 5.56. The number of halogens is 2. The summed E-state index contributed by atoms with van der Waals surface area (Å²) in [4.78, 5) is 29.0. The molecule has 0 spiro atoms. The molecule has 0 bridgehead atoms. The molecule has 0 aromatic heterocycles. The largest absolute Gasteiger partial charge is 0.507 e. The summed E-state index contributed by atoms with van der Waals surface area (Å²) >= 11 is 6.01. The first kappa shape index (κ1) is 21.8. The zero-order valence-electron chi connectivity index (χ0n) is 17.3. The second-order valence-corrected chi connectivity index (χ2v) is 8.13. The van der Waals surface area contributed by atoms with E-state index in [-0.39, 0.29) is 33.7 Å². The number of nitrogens with zero attached hydrogens (tertiary/aromatic N) is 2. The Morgan fingerprint density at radius 1 is 0.812 bits per heavy atom. The van der Waals surface area contributed by atoms with E-state index >= 15 is 0 Å². The van der Waals surface area contributed by atoms with Crippen molar-refractivity contribution in [3.8, 4) is 5.75 Å². The predicted octanol–water partition coefficient (Wildman–Crippen LogP) is 4.37. The van der Waals surface area contributed by atoms with Gasteiger partial charge < -0.3 is 14.9 Å². The first-order chi connectivity index (χ1) is 15.4. The quantitative estimate of drug-likeness (QED) is 0.639. The van der Waals surface area contributed by atoms with E-state index in [4.69, 9.17) is 11.6 Å². The molecule has 4 rings (SSSR count). The Balaban J connectivity index is 1.43. The van der Waals surface area contributed by atoms with Crippen LogP contribution in [0.25, 0.3) is 0 Å². The van der Waals surface area contributed by atoms with Gasteiger partial charge in [-0.2, -0.15) is 0 Å². The number of hydrogen-bond acceptors (Lipinski definition) is 3. The Morgan fingerprint density at radius 2 is 1.44 bits per heavy atom. The van der Waals surface area contributed by atoms with Crippen molar-refractivity contribution in [2.45, 2.75) is 6.42 Å². The average molecular weight is 453 g/mol. The summed E-state index contributed by atoms with van der Waals surface area (Å²) in [6.07, 6.45) is 0.655. The van der Waals surface area contributed by atoms with E-state index in [0.29, 0.717) is 32.6 Å². The fourth-order valence-electron chi connectivity index (χ4n) is 3.81. The molecule has 3 aromatic carbocycles. The lowest BCUT2D eigenvalue weighted by molar-refractivity contribution is 0.0533. The van der Waals surface area contributed by atoms with Gasteiger partial charge in [-0.15, -0.1) is 0 Å². The molecule has 1 heterocycles. The monoisotopic (exact) mass is 452 g/mol. The van der Waals surface area contributed by atoms with E-state index in [1.54, 1.807) is 21.9 Å². The first-order valence-corrected chi connectivity index (χ1v) is 10.7. The highest BCUT2D eigenvalue weighted by atomic mass is 35.5. The molecule has 7 heteroatoms. The van der Waals surface area contributed by atoms with Crippen LogP contribution in [0.3, 0.4) is 0 Å². The highest BCUT2D eigenvalue weighted by molar-refractivity contribution is 6.33. The van der Waals surface area contributed by atoms with Crippen LogP contribution in [0.15, 0.2) is 66.7 Å². The molecule has 1 fully saturated rings. The maximum atomic E-state index is 13.3. The second-order valence-electron chi connectivity index (χ2n) is 7.72. The number of aromatic hydroxyl groups is 1. The molecule has 0 unspecified atom stereocenters. The van der Waals surface area contributed by atoms with Gasteiger partial charge in [0.05, 0.1) is 16.1 Å². The van der Waals surface area contributed by atoms with Gasteiger partial charge >= 0.3 is 0 Å². The van der Waals surface area contributed by atoms with E-state index in [1.165, 1.54) is 12.1 Å². The molecule has 5 nitrogen and oxygen atoms in total. The Labute approximate surface area is 190 Å². The number of hydrogen-bond donors (Lipinski definition) is 1. The molecule has 0 saturated carbocycles. The lowest BCUT2D eigenvalue weighted by Gasteiger charge is -2.35. The van der Waals surface area contributed by atoms with Crippen molar-refractivity contribution in [2.24, 2.45) is 0 Å². The van der Waals surface area contributed by atoms with Crippen LogP contribution in [0, 0.1) is 5.82 Å². The maximum Gasteiger partial charge on any atom is 0.257 e. The third kappa shape index (κ3) is 4.75. The number of amides is 2. The highest BCUT2D eigenvalue weighted by Gasteiger charge is 2.27. The molecule has 2 amide bonds. The van der Waals surface area contributed by atoms with Crippen molar-refractivity contribution in [1.82, 2.24) is 9.80 Å². The van der Waals surface area contributed by atoms with Crippen LogP contribution in [0.1, 0.15) is 31.8 Å². The minimum atomic E-state index is -0.503. The number of carbonyl (C=O) groups is 2. The number of piperazine rings is 1. The zero-order valence-corrected chi connectivity index (χ0v) is 18.1. The summed E-state index contributed by atoms with van der Waals surface area (Å²) in [6, 6.07) is 18.6. The van der Waals surface area contributed by atoms with Gasteiger partial charge in [-0.25, -0.2) is 4.39 Å². The van der Waals surface area contributed by atoms with Crippen molar-refractivity contribution in [1.29, 1.82) is 0 Å². The van der Waals surface area contributed by atoms with Gasteiger partial charge in [0.2, 0.25) is 0 Å². The standard InChI is InChI=1S/C25H22ClFN2O3/c26-22-16-19(27)7-8-20(22)24(31)28-10-12-29(13-11-28)25(32)21-15-18(6-9-23(21)30)14-17-4-2-1-3-5-17/h1-9,15-16,30H,10-14H2. The van der Waals surface area contributed by atoms with Crippen LogP contribution in [0.5, 0.6) is 5.75 Å². The minimum Gasteiger partial charge on any atom is -0.507 e. The van der Waals surface area contributed by atoms with Crippen molar-refractivity contribution in [2.75, 3.05) is 26.2 Å². The van der Waals surface area contributed by atoms with Crippen LogP contribution in [-0.2, 0) is 6.42 Å². The Hall–Kier alpha value is -3.38. The predicted molar refractivity (Wildman–Crippen MR) is 121 cm³/mol. The Bertz CT molecular complexity index is 1150. The lowest BCUT2D eigenvalue weighted by Crippen LogP contribution is -2.50. The van der Waals surface area contributed by atoms with Gasteiger partial charge in [-0.3, -0.25) is 9.59 Å². The van der Waals surface area contributed by atoms with E-state index in [2.05, 4.69) is 0 Å². The number of carbonyl (C=O) groups excluding carboxylic acids is 2. The van der Waals surface area contributed by atoms with Gasteiger partial charge in [0.15, 0.2) is 0 Å². The lowest BCUT2D eigenvalue weighted by atomic mass is 10.0. The van der Waals surface area contributed by atoms with Crippen LogP contribution >= 0.6 is 11.6 Å². The van der Waals surface area contributed by atoms with Crippen molar-refractivity contribution in [3.63, 3.8) is 0 Å². The first-order valence-electron chi connectivity index (χ1n) is 10.3. The topological polar surface area (TPSA) is 60.9 Å². The molecule has 0 radical (unpaired) electrons. The molecule has 164 valence electrons. The van der Waals surface area contributed by atoms with E-state index in [9.17, 15) is 19.1 Å². The fraction of sp³-hybridized carbons (Fsp3) is 0.200. The van der Waals surface area contributed by atoms with E-state index < -0.39 is 5.82 Å². The fourth-order valence-corrected chi connectivity index (χ4v) is 4.06. The molecule has 1 aliphatic heterocycles. The Morgan fingerprint density at radius 3 is 2.06 bits per heavy atom. The van der Waals surface area contributed by atoms with Gasteiger partial charge in [0, 0.05) is 26.2 Å². The smallest absolute Gasteiger partial charge is 0.257 e. The van der Waals surface area contributed by atoms with Crippen LogP contribution < -0.4 is 0 Å². The molecule has 1 aliphatic rings. The molecule has 0 aliphatic carbocycles. The van der Waals surface area contributed by atoms with Crippen LogP contribution in [-0.4, -0.2) is 52.9 Å². The summed E-state index contributed by atoms with van der Waals surface area (Å²) in [5.41, 5.74) is 2.53. The highest BCUT2D eigenvalue weighted by Crippen LogP contribution is 2.24. The summed E-state index contributed by atoms with van der Waals surface area (Å²) in [7, 11) is 0. The molecular weight excluding hydrogens is 431 g/mol. The molecule has 1 saturated heterocycles. The van der Waals surface area contributed by atoms with Gasteiger partial charge in [0.1, 0.15) is 11.6 Å². The maximum absolute atomic E-state index is 13.3. The molecule has 3 aromatic rings. The van der Waals surface area contributed by atoms with Gasteiger partial charge in [-0.1, -0.05) is 48.0 Å². The zero-order chi connectivity index (χ0) is 22.7. The number of benzene rings is 3. The molecule has 0 atom stereocenters. The van der Waals surface area contributed by atoms with Crippen molar-refractivity contribution >= 4 is 23.4 Å². The Kier molecular flexibility index (Phi) is 6.42. The minimum absolute atomic E-state index is 0.0636. The van der Waals surface area contributed by atoms with Crippen LogP contribution in [0.2, 0.25) is 5.02 Å². The molecule has 32 heavy (non-hydrogen) atoms. The number of phenolic OH excluding ortho intramolecular Hbond substituents is 1. The van der Waals surface area contributed by atoms with Crippen molar-refractivity contribution in [3.05, 3.63) is 99.8 Å².